The molecule has 0 aromatic heterocycles. The molecular formula is C20H31N3O2. The van der Waals surface area contributed by atoms with Gasteiger partial charge in [0.05, 0.1) is 12.2 Å². The van der Waals surface area contributed by atoms with E-state index in [4.69, 9.17) is 4.74 Å². The van der Waals surface area contributed by atoms with Gasteiger partial charge in [0.2, 0.25) is 0 Å². The maximum atomic E-state index is 12.3. The highest BCUT2D eigenvalue weighted by Gasteiger charge is 2.22. The summed E-state index contributed by atoms with van der Waals surface area (Å²) in [6.45, 7) is 10.0. The zero-order valence-corrected chi connectivity index (χ0v) is 15.5. The van der Waals surface area contributed by atoms with Gasteiger partial charge in [-0.1, -0.05) is 12.1 Å². The van der Waals surface area contributed by atoms with E-state index in [2.05, 4.69) is 41.5 Å². The van der Waals surface area contributed by atoms with Crippen LogP contribution in [0.15, 0.2) is 24.3 Å². The van der Waals surface area contributed by atoms with Crippen LogP contribution in [0.4, 0.5) is 0 Å². The average molecular weight is 345 g/mol. The molecule has 1 aromatic rings. The summed E-state index contributed by atoms with van der Waals surface area (Å²) in [6, 6.07) is 8.02. The Morgan fingerprint density at radius 1 is 1.24 bits per heavy atom. The summed E-state index contributed by atoms with van der Waals surface area (Å²) in [5.74, 6) is 0.743. The molecule has 3 rings (SSSR count). The van der Waals surface area contributed by atoms with Crippen LogP contribution in [0, 0.1) is 5.92 Å². The van der Waals surface area contributed by atoms with E-state index < -0.39 is 0 Å². The molecule has 0 spiro atoms. The van der Waals surface area contributed by atoms with E-state index in [0.29, 0.717) is 5.92 Å². The lowest BCUT2D eigenvalue weighted by molar-refractivity contribution is -0.0704. The lowest BCUT2D eigenvalue weighted by Crippen LogP contribution is -2.44. The van der Waals surface area contributed by atoms with Crippen LogP contribution in [0.2, 0.25) is 0 Å². The van der Waals surface area contributed by atoms with E-state index in [-0.39, 0.29) is 18.1 Å². The third-order valence-electron chi connectivity index (χ3n) is 5.12. The fourth-order valence-corrected chi connectivity index (χ4v) is 3.89. The Balaban J connectivity index is 1.45. The molecule has 5 heteroatoms. The molecule has 138 valence electrons. The van der Waals surface area contributed by atoms with Crippen LogP contribution in [0.5, 0.6) is 0 Å². The van der Waals surface area contributed by atoms with E-state index in [1.165, 1.54) is 12.0 Å². The number of nitrogens with one attached hydrogen (secondary N) is 2. The second kappa shape index (κ2) is 8.79. The van der Waals surface area contributed by atoms with Crippen molar-refractivity contribution >= 4 is 5.91 Å². The standard InChI is InChI=1S/C20H31N3O2/c1-15-12-23(13-16(2)25-15)14-18-3-5-19(6-4-18)20(24)22-10-8-17-7-9-21-11-17/h3-6,15-17,21H,7-14H2,1-2H3,(H,22,24). The normalized spacial score (nSPS) is 27.4. The number of hydrogen-bond acceptors (Lipinski definition) is 4. The van der Waals surface area contributed by atoms with Crippen molar-refractivity contribution in [3.63, 3.8) is 0 Å². The van der Waals surface area contributed by atoms with Crippen LogP contribution in [0.25, 0.3) is 0 Å². The number of hydrogen-bond donors (Lipinski definition) is 2. The Labute approximate surface area is 151 Å². The minimum absolute atomic E-state index is 0.0334. The SMILES string of the molecule is CC1CN(Cc2ccc(C(=O)NCCC3CCNC3)cc2)CC(C)O1. The van der Waals surface area contributed by atoms with E-state index in [9.17, 15) is 4.79 Å². The fourth-order valence-electron chi connectivity index (χ4n) is 3.89. The van der Waals surface area contributed by atoms with Crippen molar-refractivity contribution in [3.05, 3.63) is 35.4 Å². The summed E-state index contributed by atoms with van der Waals surface area (Å²) in [5, 5.41) is 6.41. The molecule has 1 amide bonds. The maximum absolute atomic E-state index is 12.3. The second-order valence-corrected chi connectivity index (χ2v) is 7.55. The van der Waals surface area contributed by atoms with Crippen molar-refractivity contribution in [2.75, 3.05) is 32.7 Å². The van der Waals surface area contributed by atoms with E-state index in [0.717, 1.165) is 51.3 Å². The van der Waals surface area contributed by atoms with Crippen molar-refractivity contribution in [2.45, 2.75) is 45.4 Å². The van der Waals surface area contributed by atoms with Gasteiger partial charge in [0, 0.05) is 31.7 Å². The molecule has 2 aliphatic rings. The highest BCUT2D eigenvalue weighted by Crippen LogP contribution is 2.15. The molecule has 0 bridgehead atoms. The highest BCUT2D eigenvalue weighted by atomic mass is 16.5. The maximum Gasteiger partial charge on any atom is 0.251 e. The topological polar surface area (TPSA) is 53.6 Å². The van der Waals surface area contributed by atoms with Crippen LogP contribution in [0.1, 0.15) is 42.6 Å². The molecule has 0 radical (unpaired) electrons. The van der Waals surface area contributed by atoms with Gasteiger partial charge in [-0.3, -0.25) is 9.69 Å². The molecule has 2 saturated heterocycles. The molecule has 2 heterocycles. The van der Waals surface area contributed by atoms with Crippen LogP contribution in [-0.4, -0.2) is 55.7 Å². The van der Waals surface area contributed by atoms with Crippen molar-refractivity contribution in [3.8, 4) is 0 Å². The summed E-state index contributed by atoms with van der Waals surface area (Å²) < 4.78 is 5.78. The van der Waals surface area contributed by atoms with Gasteiger partial charge in [-0.15, -0.1) is 0 Å². The highest BCUT2D eigenvalue weighted by molar-refractivity contribution is 5.94. The quantitative estimate of drug-likeness (QED) is 0.828. The molecule has 2 fully saturated rings. The molecule has 3 unspecified atom stereocenters. The third kappa shape index (κ3) is 5.53. The van der Waals surface area contributed by atoms with Crippen LogP contribution in [-0.2, 0) is 11.3 Å². The Morgan fingerprint density at radius 3 is 2.60 bits per heavy atom. The number of nitrogens with zero attached hydrogens (tertiary/aromatic N) is 1. The molecule has 0 aliphatic carbocycles. The fraction of sp³-hybridized carbons (Fsp3) is 0.650. The molecular weight excluding hydrogens is 314 g/mol. The van der Waals surface area contributed by atoms with Crippen LogP contribution in [0.3, 0.4) is 0 Å². The van der Waals surface area contributed by atoms with Crippen molar-refractivity contribution < 1.29 is 9.53 Å². The van der Waals surface area contributed by atoms with Crippen LogP contribution >= 0.6 is 0 Å². The van der Waals surface area contributed by atoms with E-state index in [1.54, 1.807) is 0 Å². The first kappa shape index (κ1) is 18.4. The Kier molecular flexibility index (Phi) is 6.45. The summed E-state index contributed by atoms with van der Waals surface area (Å²) in [7, 11) is 0. The zero-order chi connectivity index (χ0) is 17.6. The molecule has 1 aromatic carbocycles. The van der Waals surface area contributed by atoms with Gasteiger partial charge in [-0.2, -0.15) is 0 Å². The van der Waals surface area contributed by atoms with Gasteiger partial charge in [0.1, 0.15) is 0 Å². The zero-order valence-electron chi connectivity index (χ0n) is 15.5. The van der Waals surface area contributed by atoms with Gasteiger partial charge in [-0.25, -0.2) is 0 Å². The number of carbonyl (C=O) groups excluding carboxylic acids is 1. The van der Waals surface area contributed by atoms with Gasteiger partial charge in [-0.05, 0) is 63.4 Å². The minimum Gasteiger partial charge on any atom is -0.373 e. The third-order valence-corrected chi connectivity index (χ3v) is 5.12. The molecule has 25 heavy (non-hydrogen) atoms. The molecule has 3 atom stereocenters. The van der Waals surface area contributed by atoms with Gasteiger partial charge in [0.15, 0.2) is 0 Å². The number of ether oxygens (including phenoxy) is 1. The summed E-state index contributed by atoms with van der Waals surface area (Å²) in [4.78, 5) is 14.7. The molecule has 2 aliphatic heterocycles. The number of amides is 1. The molecule has 0 saturated carbocycles. The number of benzene rings is 1. The molecule has 2 N–H and O–H groups in total. The summed E-state index contributed by atoms with van der Waals surface area (Å²) in [6.07, 6.45) is 2.85. The lowest BCUT2D eigenvalue weighted by Gasteiger charge is -2.35. The predicted octanol–water partition coefficient (Wildman–Crippen LogP) is 2.03. The van der Waals surface area contributed by atoms with Crippen molar-refractivity contribution in [2.24, 2.45) is 5.92 Å². The molecule has 5 nitrogen and oxygen atoms in total. The van der Waals surface area contributed by atoms with E-state index in [1.807, 2.05) is 12.1 Å². The Morgan fingerprint density at radius 2 is 1.96 bits per heavy atom. The summed E-state index contributed by atoms with van der Waals surface area (Å²) >= 11 is 0. The number of morpholine rings is 1. The van der Waals surface area contributed by atoms with E-state index >= 15 is 0 Å². The minimum atomic E-state index is 0.0334. The van der Waals surface area contributed by atoms with Crippen molar-refractivity contribution in [1.82, 2.24) is 15.5 Å². The first-order chi connectivity index (χ1) is 12.1. The predicted molar refractivity (Wildman–Crippen MR) is 99.7 cm³/mol. The first-order valence-corrected chi connectivity index (χ1v) is 9.56. The van der Waals surface area contributed by atoms with Crippen molar-refractivity contribution in [1.29, 1.82) is 0 Å². The Hall–Kier alpha value is -1.43. The average Bonchev–Trinajstić information content (AvgIpc) is 3.08. The smallest absolute Gasteiger partial charge is 0.251 e. The van der Waals surface area contributed by atoms with Crippen LogP contribution < -0.4 is 10.6 Å². The van der Waals surface area contributed by atoms with Gasteiger partial charge >= 0.3 is 0 Å². The lowest BCUT2D eigenvalue weighted by atomic mass is 10.1. The number of rotatable bonds is 6. The Bertz CT molecular complexity index is 545. The first-order valence-electron chi connectivity index (χ1n) is 9.56. The summed E-state index contributed by atoms with van der Waals surface area (Å²) in [5.41, 5.74) is 1.99. The number of carbonyl (C=O) groups is 1. The van der Waals surface area contributed by atoms with Gasteiger partial charge in [0.25, 0.3) is 5.91 Å². The monoisotopic (exact) mass is 345 g/mol. The van der Waals surface area contributed by atoms with Gasteiger partial charge < -0.3 is 15.4 Å². The largest absolute Gasteiger partial charge is 0.373 e. The second-order valence-electron chi connectivity index (χ2n) is 7.55.